The minimum Gasteiger partial charge on any atom is -0.743 e. The van der Waals surface area contributed by atoms with E-state index in [-0.39, 0.29) is 10.9 Å². The molecular formula is C22H12Cl3F9O3S2. The van der Waals surface area contributed by atoms with Crippen molar-refractivity contribution < 1.29 is 52.5 Å². The van der Waals surface area contributed by atoms with Crippen LogP contribution in [0.3, 0.4) is 0 Å². The number of halogens is 12. The normalized spacial score (nSPS) is 13.2. The largest absolute Gasteiger partial charge is 0.743 e. The van der Waals surface area contributed by atoms with Crippen LogP contribution in [0.1, 0.15) is 0 Å². The second kappa shape index (κ2) is 12.0. The maximum Gasteiger partial charge on any atom is 0.460 e. The zero-order chi connectivity index (χ0) is 30.0. The molecule has 17 heteroatoms. The van der Waals surface area contributed by atoms with E-state index in [1.54, 1.807) is 0 Å². The van der Waals surface area contributed by atoms with Crippen LogP contribution in [0, 0.1) is 0 Å². The van der Waals surface area contributed by atoms with Gasteiger partial charge < -0.3 is 4.55 Å². The molecular weight excluding hydrogens is 654 g/mol. The monoisotopic (exact) mass is 664 g/mol. The number of alkyl halides is 9. The zero-order valence-electron chi connectivity index (χ0n) is 18.5. The lowest BCUT2D eigenvalue weighted by atomic mass is 10.1. The van der Waals surface area contributed by atoms with Gasteiger partial charge in [0.15, 0.2) is 24.8 Å². The van der Waals surface area contributed by atoms with Crippen molar-refractivity contribution in [3.8, 4) is 0 Å². The topological polar surface area (TPSA) is 57.2 Å². The maximum atomic E-state index is 12.2. The highest BCUT2D eigenvalue weighted by Crippen LogP contribution is 2.54. The van der Waals surface area contributed by atoms with Gasteiger partial charge >= 0.3 is 23.3 Å². The first-order valence-corrected chi connectivity index (χ1v) is 13.6. The summed E-state index contributed by atoms with van der Waals surface area (Å²) in [4.78, 5) is 3.61. The van der Waals surface area contributed by atoms with Crippen LogP contribution in [-0.2, 0) is 21.0 Å². The van der Waals surface area contributed by atoms with E-state index in [4.69, 9.17) is 34.8 Å². The number of rotatable bonds is 6. The van der Waals surface area contributed by atoms with Crippen LogP contribution in [-0.4, -0.2) is 36.2 Å². The van der Waals surface area contributed by atoms with Gasteiger partial charge in [-0.05, 0) is 72.8 Å². The van der Waals surface area contributed by atoms with Crippen molar-refractivity contribution in [2.45, 2.75) is 38.0 Å². The number of benzene rings is 3. The molecule has 0 heterocycles. The zero-order valence-corrected chi connectivity index (χ0v) is 22.4. The van der Waals surface area contributed by atoms with Crippen molar-refractivity contribution in [2.75, 3.05) is 0 Å². The number of hydrogen-bond acceptors (Lipinski definition) is 3. The molecule has 3 rings (SSSR count). The summed E-state index contributed by atoms with van der Waals surface area (Å²) in [5, 5.41) is -4.91. The fourth-order valence-corrected chi connectivity index (χ4v) is 5.50. The van der Waals surface area contributed by atoms with Gasteiger partial charge in [0.05, 0.1) is 10.9 Å². The quantitative estimate of drug-likeness (QED) is 0.150. The van der Waals surface area contributed by atoms with Crippen LogP contribution in [0.15, 0.2) is 87.5 Å². The average Bonchev–Trinajstić information content (AvgIpc) is 2.81. The first-order chi connectivity index (χ1) is 17.6. The van der Waals surface area contributed by atoms with E-state index in [9.17, 15) is 52.5 Å². The molecule has 0 atom stereocenters. The Hall–Kier alpha value is -1.84. The van der Waals surface area contributed by atoms with Gasteiger partial charge in [0.2, 0.25) is 0 Å². The molecule has 39 heavy (non-hydrogen) atoms. The first kappa shape index (κ1) is 33.4. The van der Waals surface area contributed by atoms with E-state index < -0.39 is 33.4 Å². The summed E-state index contributed by atoms with van der Waals surface area (Å²) < 4.78 is 135. The molecule has 0 radical (unpaired) electrons. The van der Waals surface area contributed by atoms with E-state index in [0.29, 0.717) is 0 Å². The summed E-state index contributed by atoms with van der Waals surface area (Å²) in [6.45, 7) is 0. The van der Waals surface area contributed by atoms with Gasteiger partial charge in [-0.3, -0.25) is 0 Å². The summed E-state index contributed by atoms with van der Waals surface area (Å²) in [6, 6.07) is 23.9. The lowest BCUT2D eigenvalue weighted by Gasteiger charge is -2.34. The molecule has 0 N–H and O–H groups in total. The van der Waals surface area contributed by atoms with Crippen molar-refractivity contribution in [3.05, 3.63) is 87.9 Å². The minimum absolute atomic E-state index is 0.215. The Morgan fingerprint density at radius 3 is 1.00 bits per heavy atom. The molecule has 0 saturated carbocycles. The summed E-state index contributed by atoms with van der Waals surface area (Å²) in [6.07, 6.45) is -7.16. The van der Waals surface area contributed by atoms with Crippen LogP contribution in [0.4, 0.5) is 39.5 Å². The average molecular weight is 666 g/mol. The molecule has 0 fully saturated rings. The molecule has 0 aliphatic carbocycles. The fraction of sp³-hybridized carbons (Fsp3) is 0.182. The second-order valence-electron chi connectivity index (χ2n) is 7.29. The van der Waals surface area contributed by atoms with Crippen molar-refractivity contribution in [2.24, 2.45) is 0 Å². The third kappa shape index (κ3) is 7.27. The second-order valence-corrected chi connectivity index (χ2v) is 12.0. The first-order valence-electron chi connectivity index (χ1n) is 9.80. The Morgan fingerprint density at radius 2 is 0.795 bits per heavy atom. The van der Waals surface area contributed by atoms with Crippen molar-refractivity contribution in [1.29, 1.82) is 0 Å². The Balaban J connectivity index is 0.000000285. The molecule has 0 aliphatic heterocycles. The summed E-state index contributed by atoms with van der Waals surface area (Å²) in [5.41, 5.74) is 0. The van der Waals surface area contributed by atoms with Crippen molar-refractivity contribution >= 4 is 55.8 Å². The van der Waals surface area contributed by atoms with Gasteiger partial charge in [0.25, 0.3) is 0 Å². The predicted molar refractivity (Wildman–Crippen MR) is 127 cm³/mol. The van der Waals surface area contributed by atoms with Gasteiger partial charge in [0, 0.05) is 15.1 Å². The van der Waals surface area contributed by atoms with Crippen LogP contribution < -0.4 is 0 Å². The van der Waals surface area contributed by atoms with E-state index in [1.165, 1.54) is 14.7 Å². The molecule has 0 aromatic heterocycles. The van der Waals surface area contributed by atoms with Crippen LogP contribution in [0.2, 0.25) is 15.1 Å². The molecule has 3 aromatic carbocycles. The highest BCUT2D eigenvalue weighted by atomic mass is 35.5. The van der Waals surface area contributed by atoms with Gasteiger partial charge in [-0.1, -0.05) is 34.8 Å². The Kier molecular flexibility index (Phi) is 10.2. The number of hydrogen-bond donors (Lipinski definition) is 0. The van der Waals surface area contributed by atoms with Gasteiger partial charge in [-0.2, -0.15) is 39.5 Å². The molecule has 0 aliphatic rings. The summed E-state index contributed by atoms with van der Waals surface area (Å²) in [7, 11) is -7.63. The van der Waals surface area contributed by atoms with Gasteiger partial charge in [0.1, 0.15) is 0 Å². The highest BCUT2D eigenvalue weighted by Gasteiger charge is 2.83. The Morgan fingerprint density at radius 1 is 0.538 bits per heavy atom. The molecule has 0 unspecified atom stereocenters. The Labute approximate surface area is 233 Å². The van der Waals surface area contributed by atoms with Crippen LogP contribution in [0.25, 0.3) is 0 Å². The van der Waals surface area contributed by atoms with Crippen LogP contribution >= 0.6 is 34.8 Å². The lowest BCUT2D eigenvalue weighted by molar-refractivity contribution is -0.382. The minimum atomic E-state index is -7.43. The fourth-order valence-electron chi connectivity index (χ4n) is 2.64. The van der Waals surface area contributed by atoms with Crippen molar-refractivity contribution in [3.63, 3.8) is 0 Å². The van der Waals surface area contributed by atoms with E-state index in [1.807, 2.05) is 36.4 Å². The third-order valence-corrected chi connectivity index (χ3v) is 8.45. The van der Waals surface area contributed by atoms with E-state index >= 15 is 0 Å². The van der Waals surface area contributed by atoms with Gasteiger partial charge in [-0.15, -0.1) is 0 Å². The molecule has 214 valence electrons. The predicted octanol–water partition coefficient (Wildman–Crippen LogP) is 8.70. The van der Waals surface area contributed by atoms with E-state index in [2.05, 4.69) is 36.4 Å². The Bertz CT molecular complexity index is 1260. The standard InChI is InChI=1S/C18H12Cl3S.C4HF9O3S/c19-13-1-7-16(8-2-13)22(17-9-3-14(20)4-10-17)18-11-5-15(21)6-12-18;5-1(6,3(9,10)11)2(7,8)4(12,13)17(14,15)16/h1-12H;(H,14,15,16)/q+1;/p-1. The lowest BCUT2D eigenvalue weighted by Crippen LogP contribution is -2.63. The highest BCUT2D eigenvalue weighted by molar-refractivity contribution is 7.97. The molecule has 0 saturated heterocycles. The van der Waals surface area contributed by atoms with Gasteiger partial charge in [-0.25, -0.2) is 8.42 Å². The molecule has 0 spiro atoms. The maximum absolute atomic E-state index is 12.2. The summed E-state index contributed by atoms with van der Waals surface area (Å²) >= 11 is 18.1. The third-order valence-electron chi connectivity index (χ3n) is 4.58. The molecule has 3 aromatic rings. The summed E-state index contributed by atoms with van der Waals surface area (Å²) in [5.74, 6) is -14.8. The van der Waals surface area contributed by atoms with E-state index in [0.717, 1.165) is 15.1 Å². The van der Waals surface area contributed by atoms with Crippen molar-refractivity contribution in [1.82, 2.24) is 0 Å². The molecule has 3 nitrogen and oxygen atoms in total. The smallest absolute Gasteiger partial charge is 0.460 e. The molecule has 0 amide bonds. The van der Waals surface area contributed by atoms with Crippen LogP contribution in [0.5, 0.6) is 0 Å². The SMILES string of the molecule is Clc1ccc([S+](c2ccc(Cl)cc2)c2ccc(Cl)cc2)cc1.O=S(=O)([O-])C(F)(F)C(F)(F)C(F)(F)C(F)(F)F. The molecule has 0 bridgehead atoms.